The Bertz CT molecular complexity index is 404. The van der Waals surface area contributed by atoms with Crippen LogP contribution in [0.3, 0.4) is 0 Å². The van der Waals surface area contributed by atoms with E-state index < -0.39 is 12.0 Å². The number of aliphatic hydroxyl groups excluding tert-OH is 1. The van der Waals surface area contributed by atoms with Gasteiger partial charge in [-0.2, -0.15) is 0 Å². The Morgan fingerprint density at radius 2 is 1.85 bits per heavy atom. The highest BCUT2D eigenvalue weighted by molar-refractivity contribution is 5.72. The summed E-state index contributed by atoms with van der Waals surface area (Å²) in [5.74, 6) is -1.18. The number of hydrogen-bond donors (Lipinski definition) is 1. The summed E-state index contributed by atoms with van der Waals surface area (Å²) >= 11 is 0. The van der Waals surface area contributed by atoms with Crippen LogP contribution in [0.1, 0.15) is 32.4 Å². The zero-order valence-corrected chi connectivity index (χ0v) is 12.6. The first-order chi connectivity index (χ1) is 9.52. The third-order valence-electron chi connectivity index (χ3n) is 3.57. The van der Waals surface area contributed by atoms with Crippen molar-refractivity contribution in [1.29, 1.82) is 0 Å². The van der Waals surface area contributed by atoms with Crippen molar-refractivity contribution in [2.45, 2.75) is 33.0 Å². The minimum Gasteiger partial charge on any atom is -0.466 e. The summed E-state index contributed by atoms with van der Waals surface area (Å²) in [7, 11) is 1.61. The molecule has 1 aromatic rings. The monoisotopic (exact) mass is 280 g/mol. The molecule has 0 aliphatic carbocycles. The average Bonchev–Trinajstić information content (AvgIpc) is 2.47. The highest BCUT2D eigenvalue weighted by atomic mass is 16.5. The van der Waals surface area contributed by atoms with Crippen LogP contribution in [0.4, 0.5) is 0 Å². The fourth-order valence-corrected chi connectivity index (χ4v) is 2.34. The van der Waals surface area contributed by atoms with E-state index in [0.29, 0.717) is 6.61 Å². The second kappa shape index (κ2) is 8.02. The third-order valence-corrected chi connectivity index (χ3v) is 3.57. The molecule has 0 aliphatic heterocycles. The van der Waals surface area contributed by atoms with Gasteiger partial charge in [0.15, 0.2) is 0 Å². The van der Waals surface area contributed by atoms with Gasteiger partial charge in [0.05, 0.1) is 24.7 Å². The lowest BCUT2D eigenvalue weighted by atomic mass is 9.86. The highest BCUT2D eigenvalue weighted by Gasteiger charge is 2.33. The van der Waals surface area contributed by atoms with Gasteiger partial charge in [0.25, 0.3) is 0 Å². The van der Waals surface area contributed by atoms with Crippen molar-refractivity contribution in [2.75, 3.05) is 13.7 Å². The molecule has 0 amide bonds. The van der Waals surface area contributed by atoms with Gasteiger partial charge in [-0.1, -0.05) is 37.3 Å². The maximum Gasteiger partial charge on any atom is 0.311 e. The lowest BCUT2D eigenvalue weighted by Crippen LogP contribution is -2.35. The van der Waals surface area contributed by atoms with E-state index in [1.807, 2.05) is 37.3 Å². The predicted molar refractivity (Wildman–Crippen MR) is 77.2 cm³/mol. The molecule has 0 aromatic heterocycles. The van der Waals surface area contributed by atoms with Gasteiger partial charge < -0.3 is 14.6 Å². The maximum atomic E-state index is 11.7. The second-order valence-electron chi connectivity index (χ2n) is 4.96. The van der Waals surface area contributed by atoms with Crippen LogP contribution in [0.25, 0.3) is 0 Å². The molecule has 0 bridgehead atoms. The third kappa shape index (κ3) is 4.05. The van der Waals surface area contributed by atoms with Gasteiger partial charge in [-0.3, -0.25) is 4.79 Å². The molecular formula is C16H24O4. The summed E-state index contributed by atoms with van der Waals surface area (Å²) < 4.78 is 10.5. The molecule has 20 heavy (non-hydrogen) atoms. The van der Waals surface area contributed by atoms with Gasteiger partial charge in [-0.25, -0.2) is 0 Å². The minimum atomic E-state index is -0.820. The molecule has 0 radical (unpaired) electrons. The molecule has 1 rings (SSSR count). The van der Waals surface area contributed by atoms with Crippen molar-refractivity contribution in [2.24, 2.45) is 11.8 Å². The van der Waals surface area contributed by atoms with E-state index >= 15 is 0 Å². The van der Waals surface area contributed by atoms with Crippen molar-refractivity contribution in [3.8, 4) is 0 Å². The summed E-state index contributed by atoms with van der Waals surface area (Å²) in [5, 5.41) is 10.4. The fourth-order valence-electron chi connectivity index (χ4n) is 2.34. The highest BCUT2D eigenvalue weighted by Crippen LogP contribution is 2.30. The minimum absolute atomic E-state index is 0.221. The Balaban J connectivity index is 2.80. The summed E-state index contributed by atoms with van der Waals surface area (Å²) in [6.07, 6.45) is -1.08. The van der Waals surface area contributed by atoms with Gasteiger partial charge in [0, 0.05) is 13.0 Å². The summed E-state index contributed by atoms with van der Waals surface area (Å²) in [4.78, 5) is 11.7. The van der Waals surface area contributed by atoms with Gasteiger partial charge >= 0.3 is 5.97 Å². The van der Waals surface area contributed by atoms with Gasteiger partial charge in [0.1, 0.15) is 0 Å². The smallest absolute Gasteiger partial charge is 0.311 e. The van der Waals surface area contributed by atoms with E-state index in [9.17, 15) is 9.90 Å². The molecule has 4 nitrogen and oxygen atoms in total. The van der Waals surface area contributed by atoms with Crippen molar-refractivity contribution in [3.05, 3.63) is 35.9 Å². The molecule has 112 valence electrons. The largest absolute Gasteiger partial charge is 0.466 e. The molecule has 1 N–H and O–H groups in total. The van der Waals surface area contributed by atoms with Crippen LogP contribution in [0, 0.1) is 11.8 Å². The first-order valence-corrected chi connectivity index (χ1v) is 6.95. The van der Waals surface area contributed by atoms with Crippen LogP contribution in [-0.2, 0) is 14.3 Å². The first-order valence-electron chi connectivity index (χ1n) is 6.95. The molecule has 0 saturated carbocycles. The number of ether oxygens (including phenoxy) is 2. The molecule has 0 unspecified atom stereocenters. The van der Waals surface area contributed by atoms with Gasteiger partial charge in [0.2, 0.25) is 0 Å². The molecule has 1 aromatic carbocycles. The van der Waals surface area contributed by atoms with Crippen LogP contribution in [0.5, 0.6) is 0 Å². The van der Waals surface area contributed by atoms with E-state index in [1.54, 1.807) is 21.0 Å². The van der Waals surface area contributed by atoms with Crippen molar-refractivity contribution in [3.63, 3.8) is 0 Å². The molecule has 0 saturated heterocycles. The molecular weight excluding hydrogens is 256 g/mol. The van der Waals surface area contributed by atoms with Crippen LogP contribution in [-0.4, -0.2) is 30.9 Å². The lowest BCUT2D eigenvalue weighted by molar-refractivity contribution is -0.154. The molecule has 0 spiro atoms. The van der Waals surface area contributed by atoms with Crippen molar-refractivity contribution < 1.29 is 19.4 Å². The molecule has 4 heteroatoms. The van der Waals surface area contributed by atoms with Gasteiger partial charge in [-0.05, 0) is 19.4 Å². The number of carbonyl (C=O) groups excluding carboxylic acids is 1. The molecule has 0 fully saturated rings. The van der Waals surface area contributed by atoms with E-state index in [2.05, 4.69) is 0 Å². The molecule has 0 heterocycles. The Hall–Kier alpha value is -1.39. The second-order valence-corrected chi connectivity index (χ2v) is 4.96. The standard InChI is InChI=1S/C16H24O4/c1-5-20-16(18)12(3)14(17)11(2)15(19-4)13-9-7-6-8-10-13/h6-12,14-15,17H,5H2,1-4H3/t11-,12+,14-,15+/m1/s1. The number of carbonyl (C=O) groups is 1. The zero-order valence-electron chi connectivity index (χ0n) is 12.6. The van der Waals surface area contributed by atoms with E-state index in [0.717, 1.165) is 5.56 Å². The fraction of sp³-hybridized carbons (Fsp3) is 0.562. The number of hydrogen-bond acceptors (Lipinski definition) is 4. The predicted octanol–water partition coefficient (Wildman–Crippen LogP) is 2.57. The Morgan fingerprint density at radius 3 is 2.35 bits per heavy atom. The first kappa shape index (κ1) is 16.7. The van der Waals surface area contributed by atoms with E-state index in [-0.39, 0.29) is 18.0 Å². The van der Waals surface area contributed by atoms with E-state index in [4.69, 9.17) is 9.47 Å². The quantitative estimate of drug-likeness (QED) is 0.780. The number of esters is 1. The summed E-state index contributed by atoms with van der Waals surface area (Å²) in [5.41, 5.74) is 0.984. The van der Waals surface area contributed by atoms with Crippen LogP contribution < -0.4 is 0 Å². The van der Waals surface area contributed by atoms with Crippen molar-refractivity contribution >= 4 is 5.97 Å². The Morgan fingerprint density at radius 1 is 1.25 bits per heavy atom. The molecule has 4 atom stereocenters. The summed E-state index contributed by atoms with van der Waals surface area (Å²) in [6.45, 7) is 5.62. The van der Waals surface area contributed by atoms with Gasteiger partial charge in [-0.15, -0.1) is 0 Å². The normalized spacial score (nSPS) is 17.1. The summed E-state index contributed by atoms with van der Waals surface area (Å²) in [6, 6.07) is 9.68. The number of rotatable bonds is 7. The maximum absolute atomic E-state index is 11.7. The van der Waals surface area contributed by atoms with Crippen molar-refractivity contribution in [1.82, 2.24) is 0 Å². The Labute approximate surface area is 120 Å². The molecule has 0 aliphatic rings. The lowest BCUT2D eigenvalue weighted by Gasteiger charge is -2.30. The van der Waals surface area contributed by atoms with Crippen LogP contribution in [0.15, 0.2) is 30.3 Å². The van der Waals surface area contributed by atoms with Crippen LogP contribution >= 0.6 is 0 Å². The van der Waals surface area contributed by atoms with E-state index in [1.165, 1.54) is 0 Å². The number of benzene rings is 1. The Kier molecular flexibility index (Phi) is 6.68. The van der Waals surface area contributed by atoms with Crippen LogP contribution in [0.2, 0.25) is 0 Å². The zero-order chi connectivity index (χ0) is 15.1. The SMILES string of the molecule is CCOC(=O)[C@@H](C)[C@H](O)[C@@H](C)[C@H](OC)c1ccccc1. The number of methoxy groups -OCH3 is 1. The topological polar surface area (TPSA) is 55.8 Å². The number of aliphatic hydroxyl groups is 1. The average molecular weight is 280 g/mol.